The van der Waals surface area contributed by atoms with Crippen LogP contribution in [0.15, 0.2) is 23.3 Å². The largest absolute Gasteiger partial charge is 0.357 e. The van der Waals surface area contributed by atoms with Gasteiger partial charge in [0.25, 0.3) is 0 Å². The van der Waals surface area contributed by atoms with Gasteiger partial charge in [-0.25, -0.2) is 4.98 Å². The summed E-state index contributed by atoms with van der Waals surface area (Å²) in [6, 6.07) is 4.30. The Hall–Kier alpha value is -1.05. The molecule has 1 aliphatic carbocycles. The summed E-state index contributed by atoms with van der Waals surface area (Å²) in [6.07, 6.45) is 9.85. The maximum atomic E-state index is 4.54. The molecule has 0 spiro atoms. The van der Waals surface area contributed by atoms with Gasteiger partial charge >= 0.3 is 0 Å². The van der Waals surface area contributed by atoms with Crippen molar-refractivity contribution in [3.63, 3.8) is 0 Å². The monoisotopic (exact) mass is 485 g/mol. The van der Waals surface area contributed by atoms with Crippen molar-refractivity contribution in [1.29, 1.82) is 0 Å². The van der Waals surface area contributed by atoms with E-state index in [1.54, 1.807) is 0 Å². The molecule has 0 unspecified atom stereocenters. The van der Waals surface area contributed by atoms with Gasteiger partial charge < -0.3 is 15.5 Å². The van der Waals surface area contributed by atoms with Gasteiger partial charge in [0.2, 0.25) is 0 Å². The Bertz CT molecular complexity index is 606. The van der Waals surface area contributed by atoms with E-state index < -0.39 is 0 Å². The fourth-order valence-electron chi connectivity index (χ4n) is 4.36. The minimum Gasteiger partial charge on any atom is -0.357 e. The number of aromatic nitrogens is 1. The van der Waals surface area contributed by atoms with Crippen molar-refractivity contribution in [2.24, 2.45) is 16.3 Å². The molecule has 0 radical (unpaired) electrons. The quantitative estimate of drug-likeness (QED) is 0.346. The molecule has 1 aromatic rings. The first-order valence-electron chi connectivity index (χ1n) is 10.2. The molecule has 6 heteroatoms. The summed E-state index contributed by atoms with van der Waals surface area (Å²) in [5.41, 5.74) is 1.73. The van der Waals surface area contributed by atoms with Crippen LogP contribution < -0.4 is 15.5 Å². The third kappa shape index (κ3) is 6.22. The lowest BCUT2D eigenvalue weighted by atomic mass is 9.64. The van der Waals surface area contributed by atoms with Crippen LogP contribution in [-0.2, 0) is 6.54 Å². The van der Waals surface area contributed by atoms with Crippen molar-refractivity contribution >= 4 is 35.8 Å². The molecule has 0 bridgehead atoms. The fourth-order valence-corrected chi connectivity index (χ4v) is 4.36. The van der Waals surface area contributed by atoms with Gasteiger partial charge in [0.15, 0.2) is 5.96 Å². The van der Waals surface area contributed by atoms with Crippen LogP contribution in [0.2, 0.25) is 0 Å². The second kappa shape index (κ2) is 10.5. The van der Waals surface area contributed by atoms with Crippen LogP contribution in [0.1, 0.15) is 57.9 Å². The predicted molar refractivity (Wildman–Crippen MR) is 125 cm³/mol. The van der Waals surface area contributed by atoms with Crippen LogP contribution in [-0.4, -0.2) is 37.6 Å². The highest BCUT2D eigenvalue weighted by molar-refractivity contribution is 14.0. The number of aliphatic imine (C=N–C) groups is 1. The molecule has 3 rings (SSSR count). The molecule has 1 aliphatic heterocycles. The Kier molecular flexibility index (Phi) is 8.63. The molecule has 1 saturated heterocycles. The zero-order valence-electron chi connectivity index (χ0n) is 17.1. The number of anilines is 1. The van der Waals surface area contributed by atoms with Gasteiger partial charge in [0, 0.05) is 39.4 Å². The van der Waals surface area contributed by atoms with Crippen molar-refractivity contribution < 1.29 is 0 Å². The molecule has 5 nitrogen and oxygen atoms in total. The van der Waals surface area contributed by atoms with Crippen molar-refractivity contribution in [1.82, 2.24) is 15.6 Å². The Labute approximate surface area is 181 Å². The number of rotatable bonds is 7. The number of nitrogens with one attached hydrogen (secondary N) is 2. The summed E-state index contributed by atoms with van der Waals surface area (Å²) >= 11 is 0. The van der Waals surface area contributed by atoms with Gasteiger partial charge in [-0.3, -0.25) is 4.99 Å². The number of guanidine groups is 1. The highest BCUT2D eigenvalue weighted by atomic mass is 127. The van der Waals surface area contributed by atoms with E-state index in [2.05, 4.69) is 51.5 Å². The molecule has 152 valence electrons. The molecular formula is C21H36IN5. The lowest BCUT2D eigenvalue weighted by Crippen LogP contribution is -2.46. The second-order valence-electron chi connectivity index (χ2n) is 8.45. The van der Waals surface area contributed by atoms with Gasteiger partial charge in [-0.1, -0.05) is 20.3 Å². The number of halogens is 1. The minimum absolute atomic E-state index is 0. The Morgan fingerprint density at radius 3 is 2.56 bits per heavy atom. The van der Waals surface area contributed by atoms with Crippen LogP contribution in [0, 0.1) is 11.3 Å². The first-order valence-corrected chi connectivity index (χ1v) is 10.2. The van der Waals surface area contributed by atoms with Crippen molar-refractivity contribution in [2.45, 2.75) is 58.9 Å². The summed E-state index contributed by atoms with van der Waals surface area (Å²) in [6.45, 7) is 8.72. The Morgan fingerprint density at radius 2 is 1.96 bits per heavy atom. The van der Waals surface area contributed by atoms with E-state index in [-0.39, 0.29) is 24.0 Å². The molecular weight excluding hydrogens is 449 g/mol. The molecule has 0 aromatic carbocycles. The van der Waals surface area contributed by atoms with Crippen LogP contribution in [0.4, 0.5) is 5.82 Å². The van der Waals surface area contributed by atoms with Gasteiger partial charge in [-0.05, 0) is 61.1 Å². The standard InChI is InChI=1S/C21H35N5.HI/c1-17(2)14-21(8-6-9-21)16-25-20(22-3)24-15-18-7-10-23-19(13-18)26-11-4-5-12-26;/h7,10,13,17H,4-6,8-9,11-12,14-16H2,1-3H3,(H2,22,24,25);1H. The highest BCUT2D eigenvalue weighted by Gasteiger charge is 2.37. The molecule has 2 aliphatic rings. The molecule has 2 heterocycles. The zero-order chi connectivity index (χ0) is 18.4. The SMILES string of the molecule is CN=C(NCc1ccnc(N2CCCC2)c1)NCC1(CC(C)C)CCC1.I. The normalized spacial score (nSPS) is 18.8. The third-order valence-electron chi connectivity index (χ3n) is 5.81. The smallest absolute Gasteiger partial charge is 0.191 e. The van der Waals surface area contributed by atoms with Crippen molar-refractivity contribution in [3.05, 3.63) is 23.9 Å². The van der Waals surface area contributed by atoms with Crippen molar-refractivity contribution in [2.75, 3.05) is 31.6 Å². The predicted octanol–water partition coefficient (Wildman–Crippen LogP) is 4.18. The molecule has 0 atom stereocenters. The van der Waals surface area contributed by atoms with E-state index in [1.165, 1.54) is 44.1 Å². The summed E-state index contributed by atoms with van der Waals surface area (Å²) in [5.74, 6) is 2.77. The van der Waals surface area contributed by atoms with Gasteiger partial charge in [0.1, 0.15) is 5.82 Å². The fraction of sp³-hybridized carbons (Fsp3) is 0.714. The van der Waals surface area contributed by atoms with E-state index >= 15 is 0 Å². The average Bonchev–Trinajstić information content (AvgIpc) is 3.14. The van der Waals surface area contributed by atoms with Crippen LogP contribution in [0.25, 0.3) is 0 Å². The molecule has 2 fully saturated rings. The summed E-state index contributed by atoms with van der Waals surface area (Å²) in [4.78, 5) is 11.3. The maximum Gasteiger partial charge on any atom is 0.191 e. The van der Waals surface area contributed by atoms with E-state index in [1.807, 2.05) is 13.2 Å². The lowest BCUT2D eigenvalue weighted by Gasteiger charge is -2.43. The Balaban J connectivity index is 0.00000261. The van der Waals surface area contributed by atoms with E-state index in [0.717, 1.165) is 43.9 Å². The van der Waals surface area contributed by atoms with Crippen LogP contribution >= 0.6 is 24.0 Å². The molecule has 2 N–H and O–H groups in total. The summed E-state index contributed by atoms with van der Waals surface area (Å²) in [5, 5.41) is 7.04. The number of nitrogens with zero attached hydrogens (tertiary/aromatic N) is 3. The Morgan fingerprint density at radius 1 is 1.22 bits per heavy atom. The third-order valence-corrected chi connectivity index (χ3v) is 5.81. The molecule has 1 aromatic heterocycles. The van der Waals surface area contributed by atoms with E-state index in [4.69, 9.17) is 0 Å². The molecule has 0 amide bonds. The average molecular weight is 485 g/mol. The zero-order valence-corrected chi connectivity index (χ0v) is 19.5. The summed E-state index contributed by atoms with van der Waals surface area (Å²) < 4.78 is 0. The lowest BCUT2D eigenvalue weighted by molar-refractivity contribution is 0.104. The summed E-state index contributed by atoms with van der Waals surface area (Å²) in [7, 11) is 1.85. The number of hydrogen-bond donors (Lipinski definition) is 2. The molecule has 1 saturated carbocycles. The highest BCUT2D eigenvalue weighted by Crippen LogP contribution is 2.45. The first kappa shape index (κ1) is 22.2. The van der Waals surface area contributed by atoms with Gasteiger partial charge in [-0.15, -0.1) is 24.0 Å². The molecule has 27 heavy (non-hydrogen) atoms. The van der Waals surface area contributed by atoms with Crippen molar-refractivity contribution in [3.8, 4) is 0 Å². The maximum absolute atomic E-state index is 4.54. The van der Waals surface area contributed by atoms with Gasteiger partial charge in [0.05, 0.1) is 0 Å². The van der Waals surface area contributed by atoms with Crippen LogP contribution in [0.3, 0.4) is 0 Å². The minimum atomic E-state index is 0. The van der Waals surface area contributed by atoms with E-state index in [0.29, 0.717) is 5.41 Å². The topological polar surface area (TPSA) is 52.6 Å². The first-order chi connectivity index (χ1) is 12.6. The van der Waals surface area contributed by atoms with Crippen LogP contribution in [0.5, 0.6) is 0 Å². The van der Waals surface area contributed by atoms with Gasteiger partial charge in [-0.2, -0.15) is 0 Å². The second-order valence-corrected chi connectivity index (χ2v) is 8.45. The number of pyridine rings is 1. The number of hydrogen-bond acceptors (Lipinski definition) is 3. The van der Waals surface area contributed by atoms with E-state index in [9.17, 15) is 0 Å².